The van der Waals surface area contributed by atoms with Crippen molar-refractivity contribution >= 4 is 46.0 Å². The summed E-state index contributed by atoms with van der Waals surface area (Å²) in [6, 6.07) is 6.45. The van der Waals surface area contributed by atoms with E-state index < -0.39 is 0 Å². The summed E-state index contributed by atoms with van der Waals surface area (Å²) in [6.07, 6.45) is 3.07. The molecule has 0 aliphatic carbocycles. The van der Waals surface area contributed by atoms with Gasteiger partial charge < -0.3 is 10.3 Å². The van der Waals surface area contributed by atoms with E-state index in [2.05, 4.69) is 20.3 Å². The number of hydrogen-bond acceptors (Lipinski definition) is 3. The van der Waals surface area contributed by atoms with Crippen molar-refractivity contribution in [1.29, 1.82) is 0 Å². The minimum absolute atomic E-state index is 0.297. The minimum atomic E-state index is -0.327. The predicted octanol–water partition coefficient (Wildman–Crippen LogP) is 3.52. The molecule has 20 heavy (non-hydrogen) atoms. The van der Waals surface area contributed by atoms with Crippen LogP contribution in [0.15, 0.2) is 36.8 Å². The number of fused-ring (bicyclic) bond motifs is 1. The fraction of sp³-hybridized carbons (Fsp3) is 0. The van der Waals surface area contributed by atoms with Gasteiger partial charge in [0, 0.05) is 5.02 Å². The molecule has 2 aromatic heterocycles. The number of carbonyl (C=O) groups excluding carboxylic acids is 1. The summed E-state index contributed by atoms with van der Waals surface area (Å²) >= 11 is 11.8. The Labute approximate surface area is 124 Å². The summed E-state index contributed by atoms with van der Waals surface area (Å²) in [5.41, 5.74) is 2.23. The number of imidazole rings is 1. The first-order valence-electron chi connectivity index (χ1n) is 5.69. The second kappa shape index (κ2) is 5.11. The first kappa shape index (κ1) is 12.9. The highest BCUT2D eigenvalue weighted by molar-refractivity contribution is 6.37. The zero-order valence-corrected chi connectivity index (χ0v) is 11.5. The van der Waals surface area contributed by atoms with Gasteiger partial charge in [-0.25, -0.2) is 9.97 Å². The molecule has 0 unspecified atom stereocenters. The van der Waals surface area contributed by atoms with Gasteiger partial charge in [-0.05, 0) is 24.3 Å². The Morgan fingerprint density at radius 2 is 2.05 bits per heavy atom. The molecule has 0 bridgehead atoms. The van der Waals surface area contributed by atoms with Gasteiger partial charge in [-0.3, -0.25) is 4.79 Å². The highest BCUT2D eigenvalue weighted by Gasteiger charge is 2.11. The maximum atomic E-state index is 12.1. The molecule has 3 rings (SSSR count). The molecule has 0 fully saturated rings. The average molecular weight is 307 g/mol. The van der Waals surface area contributed by atoms with Crippen molar-refractivity contribution in [2.24, 2.45) is 0 Å². The number of aromatic amines is 1. The molecule has 1 amide bonds. The Bertz CT molecular complexity index is 800. The number of benzene rings is 1. The van der Waals surface area contributed by atoms with Crippen LogP contribution in [0.5, 0.6) is 0 Å². The third-order valence-electron chi connectivity index (χ3n) is 2.71. The van der Waals surface area contributed by atoms with E-state index in [-0.39, 0.29) is 5.91 Å². The lowest BCUT2D eigenvalue weighted by atomic mass is 10.2. The van der Waals surface area contributed by atoms with Crippen LogP contribution in [-0.4, -0.2) is 20.9 Å². The number of pyridine rings is 1. The second-order valence-corrected chi connectivity index (χ2v) is 4.92. The quantitative estimate of drug-likeness (QED) is 0.761. The summed E-state index contributed by atoms with van der Waals surface area (Å²) in [5, 5.41) is 3.50. The van der Waals surface area contributed by atoms with Crippen LogP contribution < -0.4 is 5.32 Å². The molecule has 0 aliphatic heterocycles. The first-order chi connectivity index (χ1) is 9.63. The van der Waals surface area contributed by atoms with Crippen LogP contribution in [0.1, 0.15) is 10.4 Å². The van der Waals surface area contributed by atoms with Gasteiger partial charge >= 0.3 is 0 Å². The Balaban J connectivity index is 1.87. The van der Waals surface area contributed by atoms with E-state index in [0.29, 0.717) is 26.9 Å². The highest BCUT2D eigenvalue weighted by atomic mass is 35.5. The topological polar surface area (TPSA) is 70.7 Å². The van der Waals surface area contributed by atoms with Gasteiger partial charge in [-0.15, -0.1) is 0 Å². The van der Waals surface area contributed by atoms with Crippen molar-refractivity contribution in [1.82, 2.24) is 15.0 Å². The van der Waals surface area contributed by atoms with Crippen molar-refractivity contribution in [3.05, 3.63) is 52.4 Å². The molecule has 0 saturated carbocycles. The van der Waals surface area contributed by atoms with Crippen LogP contribution in [0, 0.1) is 0 Å². The average Bonchev–Trinajstić information content (AvgIpc) is 2.85. The molecule has 7 heteroatoms. The van der Waals surface area contributed by atoms with Crippen LogP contribution in [0.4, 0.5) is 5.69 Å². The van der Waals surface area contributed by atoms with Crippen LogP contribution in [0.25, 0.3) is 11.2 Å². The van der Waals surface area contributed by atoms with Crippen LogP contribution in [0.2, 0.25) is 10.0 Å². The Kier molecular flexibility index (Phi) is 3.30. The molecule has 2 N–H and O–H groups in total. The molecule has 5 nitrogen and oxygen atoms in total. The molecule has 0 aliphatic rings. The van der Waals surface area contributed by atoms with Crippen molar-refractivity contribution in [2.75, 3.05) is 5.32 Å². The zero-order chi connectivity index (χ0) is 14.1. The molecular weight excluding hydrogens is 299 g/mol. The van der Waals surface area contributed by atoms with E-state index in [4.69, 9.17) is 23.2 Å². The van der Waals surface area contributed by atoms with Gasteiger partial charge in [0.05, 0.1) is 34.3 Å². The SMILES string of the molecule is O=C(Nc1cnc2nc[nH]c2c1)c1ccc(Cl)cc1Cl. The van der Waals surface area contributed by atoms with Crippen LogP contribution >= 0.6 is 23.2 Å². The van der Waals surface area contributed by atoms with Crippen molar-refractivity contribution in [2.45, 2.75) is 0 Å². The number of nitrogens with zero attached hydrogens (tertiary/aromatic N) is 2. The summed E-state index contributed by atoms with van der Waals surface area (Å²) in [6.45, 7) is 0. The largest absolute Gasteiger partial charge is 0.343 e. The maximum absolute atomic E-state index is 12.1. The summed E-state index contributed by atoms with van der Waals surface area (Å²) < 4.78 is 0. The van der Waals surface area contributed by atoms with Gasteiger partial charge in [0.1, 0.15) is 0 Å². The number of rotatable bonds is 2. The van der Waals surface area contributed by atoms with Gasteiger partial charge in [0.25, 0.3) is 5.91 Å². The van der Waals surface area contributed by atoms with E-state index in [1.165, 1.54) is 12.3 Å². The standard InChI is InChI=1S/C13H8Cl2N4O/c14-7-1-2-9(10(15)3-7)13(20)19-8-4-11-12(16-5-8)18-6-17-11/h1-6H,(H,19,20)(H,16,17,18). The lowest BCUT2D eigenvalue weighted by molar-refractivity contribution is 0.102. The number of aromatic nitrogens is 3. The Hall–Kier alpha value is -2.11. The highest BCUT2D eigenvalue weighted by Crippen LogP contribution is 2.22. The fourth-order valence-electron chi connectivity index (χ4n) is 1.77. The third-order valence-corrected chi connectivity index (χ3v) is 3.25. The lowest BCUT2D eigenvalue weighted by Crippen LogP contribution is -2.12. The van der Waals surface area contributed by atoms with E-state index in [0.717, 1.165) is 5.52 Å². The molecule has 100 valence electrons. The number of hydrogen-bond donors (Lipinski definition) is 2. The van der Waals surface area contributed by atoms with Gasteiger partial charge in [-0.1, -0.05) is 23.2 Å². The molecular formula is C13H8Cl2N4O. The van der Waals surface area contributed by atoms with E-state index in [1.54, 1.807) is 24.5 Å². The van der Waals surface area contributed by atoms with Crippen LogP contribution in [-0.2, 0) is 0 Å². The molecule has 0 atom stereocenters. The fourth-order valence-corrected chi connectivity index (χ4v) is 2.26. The van der Waals surface area contributed by atoms with Crippen LogP contribution in [0.3, 0.4) is 0 Å². The minimum Gasteiger partial charge on any atom is -0.343 e. The van der Waals surface area contributed by atoms with E-state index in [9.17, 15) is 4.79 Å². The van der Waals surface area contributed by atoms with Gasteiger partial charge in [-0.2, -0.15) is 0 Å². The van der Waals surface area contributed by atoms with Crippen molar-refractivity contribution in [3.63, 3.8) is 0 Å². The number of carbonyl (C=O) groups is 1. The first-order valence-corrected chi connectivity index (χ1v) is 6.44. The normalized spacial score (nSPS) is 10.7. The van der Waals surface area contributed by atoms with Gasteiger partial charge in [0.15, 0.2) is 5.65 Å². The number of anilines is 1. The molecule has 0 spiro atoms. The Morgan fingerprint density at radius 1 is 1.20 bits per heavy atom. The maximum Gasteiger partial charge on any atom is 0.257 e. The van der Waals surface area contributed by atoms with E-state index >= 15 is 0 Å². The number of halogens is 2. The molecule has 2 heterocycles. The molecule has 3 aromatic rings. The second-order valence-electron chi connectivity index (χ2n) is 4.08. The number of amides is 1. The zero-order valence-electron chi connectivity index (χ0n) is 10.0. The molecule has 0 radical (unpaired) electrons. The lowest BCUT2D eigenvalue weighted by Gasteiger charge is -2.06. The molecule has 0 saturated heterocycles. The summed E-state index contributed by atoms with van der Waals surface area (Å²) in [5.74, 6) is -0.327. The van der Waals surface area contributed by atoms with E-state index in [1.807, 2.05) is 0 Å². The predicted molar refractivity (Wildman–Crippen MR) is 78.3 cm³/mol. The summed E-state index contributed by atoms with van der Waals surface area (Å²) in [4.78, 5) is 23.2. The van der Waals surface area contributed by atoms with Crippen molar-refractivity contribution in [3.8, 4) is 0 Å². The molecule has 1 aromatic carbocycles. The smallest absolute Gasteiger partial charge is 0.257 e. The number of nitrogens with one attached hydrogen (secondary N) is 2. The third kappa shape index (κ3) is 2.45. The van der Waals surface area contributed by atoms with Crippen molar-refractivity contribution < 1.29 is 4.79 Å². The van der Waals surface area contributed by atoms with Gasteiger partial charge in [0.2, 0.25) is 0 Å². The number of H-pyrrole nitrogens is 1. The summed E-state index contributed by atoms with van der Waals surface area (Å²) in [7, 11) is 0. The Morgan fingerprint density at radius 3 is 2.85 bits per heavy atom. The monoisotopic (exact) mass is 306 g/mol.